The van der Waals surface area contributed by atoms with Gasteiger partial charge in [-0.15, -0.1) is 0 Å². The minimum absolute atomic E-state index is 0.542. The van der Waals surface area contributed by atoms with E-state index in [1.165, 1.54) is 19.3 Å². The smallest absolute Gasteiger partial charge is 0.0615 e. The Labute approximate surface area is 94.8 Å². The Morgan fingerprint density at radius 2 is 2.00 bits per heavy atom. The summed E-state index contributed by atoms with van der Waals surface area (Å²) in [6, 6.07) is 1.26. The van der Waals surface area contributed by atoms with Gasteiger partial charge >= 0.3 is 0 Å². The fourth-order valence-corrected chi connectivity index (χ4v) is 2.52. The van der Waals surface area contributed by atoms with Gasteiger partial charge in [-0.1, -0.05) is 20.8 Å². The van der Waals surface area contributed by atoms with Gasteiger partial charge in [-0.05, 0) is 37.5 Å². The van der Waals surface area contributed by atoms with Gasteiger partial charge in [-0.3, -0.25) is 0 Å². The molecule has 4 unspecified atom stereocenters. The second kappa shape index (κ2) is 6.49. The standard InChI is InChI=1S/C13H27NO/c1-5-12(9-15-4)14-13-7-6-10(2)11(3)8-13/h10-14H,5-9H2,1-4H3. The molecule has 0 aromatic carbocycles. The highest BCUT2D eigenvalue weighted by Crippen LogP contribution is 2.29. The average Bonchev–Trinajstić information content (AvgIpc) is 2.23. The molecule has 1 saturated carbocycles. The first-order chi connectivity index (χ1) is 7.17. The molecule has 1 rings (SSSR count). The molecule has 0 heterocycles. The maximum absolute atomic E-state index is 5.22. The van der Waals surface area contributed by atoms with Crippen LogP contribution in [-0.4, -0.2) is 25.8 Å². The van der Waals surface area contributed by atoms with Crippen molar-refractivity contribution in [2.75, 3.05) is 13.7 Å². The summed E-state index contributed by atoms with van der Waals surface area (Å²) in [6.45, 7) is 7.84. The third-order valence-corrected chi connectivity index (χ3v) is 3.93. The Bertz CT molecular complexity index is 172. The second-order valence-electron chi connectivity index (χ2n) is 5.19. The molecule has 15 heavy (non-hydrogen) atoms. The Kier molecular flexibility index (Phi) is 5.62. The van der Waals surface area contributed by atoms with Gasteiger partial charge < -0.3 is 10.1 Å². The number of hydrogen-bond donors (Lipinski definition) is 1. The number of hydrogen-bond acceptors (Lipinski definition) is 2. The van der Waals surface area contributed by atoms with Gasteiger partial charge in [0, 0.05) is 19.2 Å². The highest BCUT2D eigenvalue weighted by molar-refractivity contribution is 4.82. The maximum Gasteiger partial charge on any atom is 0.0615 e. The molecule has 0 saturated heterocycles. The lowest BCUT2D eigenvalue weighted by molar-refractivity contribution is 0.142. The molecule has 0 amide bonds. The Morgan fingerprint density at radius 1 is 1.27 bits per heavy atom. The second-order valence-corrected chi connectivity index (χ2v) is 5.19. The molecule has 0 aromatic rings. The van der Waals surface area contributed by atoms with Crippen LogP contribution in [0.5, 0.6) is 0 Å². The lowest BCUT2D eigenvalue weighted by Crippen LogP contribution is -2.43. The van der Waals surface area contributed by atoms with Crippen molar-refractivity contribution < 1.29 is 4.74 Å². The topological polar surface area (TPSA) is 21.3 Å². The molecule has 1 aliphatic carbocycles. The molecule has 1 aliphatic rings. The Morgan fingerprint density at radius 3 is 2.53 bits per heavy atom. The number of methoxy groups -OCH3 is 1. The van der Waals surface area contributed by atoms with Gasteiger partial charge in [-0.25, -0.2) is 0 Å². The van der Waals surface area contributed by atoms with Crippen LogP contribution in [0.2, 0.25) is 0 Å². The zero-order valence-corrected chi connectivity index (χ0v) is 10.8. The lowest BCUT2D eigenvalue weighted by Gasteiger charge is -2.34. The quantitative estimate of drug-likeness (QED) is 0.758. The van der Waals surface area contributed by atoms with Crippen molar-refractivity contribution >= 4 is 0 Å². The average molecular weight is 213 g/mol. The van der Waals surface area contributed by atoms with Crippen molar-refractivity contribution in [1.29, 1.82) is 0 Å². The summed E-state index contributed by atoms with van der Waals surface area (Å²) in [5, 5.41) is 3.73. The molecule has 0 radical (unpaired) electrons. The Hall–Kier alpha value is -0.0800. The van der Waals surface area contributed by atoms with Crippen LogP contribution in [0.15, 0.2) is 0 Å². The van der Waals surface area contributed by atoms with E-state index in [1.807, 2.05) is 0 Å². The molecule has 4 atom stereocenters. The van der Waals surface area contributed by atoms with Gasteiger partial charge in [-0.2, -0.15) is 0 Å². The van der Waals surface area contributed by atoms with Crippen molar-refractivity contribution in [3.8, 4) is 0 Å². The normalized spacial score (nSPS) is 34.0. The molecule has 0 spiro atoms. The van der Waals surface area contributed by atoms with E-state index in [0.717, 1.165) is 30.9 Å². The van der Waals surface area contributed by atoms with Crippen molar-refractivity contribution in [2.24, 2.45) is 11.8 Å². The van der Waals surface area contributed by atoms with Gasteiger partial charge in [0.1, 0.15) is 0 Å². The van der Waals surface area contributed by atoms with Gasteiger partial charge in [0.15, 0.2) is 0 Å². The van der Waals surface area contributed by atoms with Crippen LogP contribution in [0.25, 0.3) is 0 Å². The lowest BCUT2D eigenvalue weighted by atomic mass is 9.79. The van der Waals surface area contributed by atoms with Crippen LogP contribution in [0.3, 0.4) is 0 Å². The summed E-state index contributed by atoms with van der Waals surface area (Å²) < 4.78 is 5.22. The molecule has 1 fully saturated rings. The summed E-state index contributed by atoms with van der Waals surface area (Å²) in [5.74, 6) is 1.78. The van der Waals surface area contributed by atoms with Crippen LogP contribution >= 0.6 is 0 Å². The molecule has 2 nitrogen and oxygen atoms in total. The van der Waals surface area contributed by atoms with Crippen LogP contribution in [0.4, 0.5) is 0 Å². The number of nitrogens with one attached hydrogen (secondary N) is 1. The van der Waals surface area contributed by atoms with Crippen LogP contribution in [-0.2, 0) is 4.74 Å². The molecule has 2 heteroatoms. The summed E-state index contributed by atoms with van der Waals surface area (Å²) in [6.07, 6.45) is 5.21. The zero-order chi connectivity index (χ0) is 11.3. The fraction of sp³-hybridized carbons (Fsp3) is 1.00. The first-order valence-corrected chi connectivity index (χ1v) is 6.42. The fourth-order valence-electron chi connectivity index (χ4n) is 2.52. The van der Waals surface area contributed by atoms with E-state index in [-0.39, 0.29) is 0 Å². The highest BCUT2D eigenvalue weighted by Gasteiger charge is 2.25. The Balaban J connectivity index is 2.31. The number of ether oxygens (including phenoxy) is 1. The van der Waals surface area contributed by atoms with Crippen LogP contribution in [0.1, 0.15) is 46.5 Å². The summed E-state index contributed by atoms with van der Waals surface area (Å²) >= 11 is 0. The van der Waals surface area contributed by atoms with Crippen molar-refractivity contribution in [2.45, 2.75) is 58.5 Å². The van der Waals surface area contributed by atoms with Gasteiger partial charge in [0.25, 0.3) is 0 Å². The largest absolute Gasteiger partial charge is 0.383 e. The van der Waals surface area contributed by atoms with Crippen LogP contribution in [0, 0.1) is 11.8 Å². The third-order valence-electron chi connectivity index (χ3n) is 3.93. The van der Waals surface area contributed by atoms with E-state index in [2.05, 4.69) is 26.1 Å². The van der Waals surface area contributed by atoms with Gasteiger partial charge in [0.2, 0.25) is 0 Å². The SMILES string of the molecule is CCC(COC)NC1CCC(C)C(C)C1. The summed E-state index contributed by atoms with van der Waals surface area (Å²) in [7, 11) is 1.79. The number of rotatable bonds is 5. The third kappa shape index (κ3) is 4.12. The summed E-state index contributed by atoms with van der Waals surface area (Å²) in [5.41, 5.74) is 0. The minimum Gasteiger partial charge on any atom is -0.383 e. The highest BCUT2D eigenvalue weighted by atomic mass is 16.5. The van der Waals surface area contributed by atoms with Crippen molar-refractivity contribution in [3.63, 3.8) is 0 Å². The molecule has 0 bridgehead atoms. The van der Waals surface area contributed by atoms with Gasteiger partial charge in [0.05, 0.1) is 6.61 Å². The predicted molar refractivity (Wildman–Crippen MR) is 65.1 cm³/mol. The molecule has 90 valence electrons. The summed E-state index contributed by atoms with van der Waals surface area (Å²) in [4.78, 5) is 0. The molecular formula is C13H27NO. The maximum atomic E-state index is 5.22. The monoisotopic (exact) mass is 213 g/mol. The van der Waals surface area contributed by atoms with E-state index in [4.69, 9.17) is 4.74 Å². The van der Waals surface area contributed by atoms with E-state index in [0.29, 0.717) is 6.04 Å². The van der Waals surface area contributed by atoms with Crippen molar-refractivity contribution in [3.05, 3.63) is 0 Å². The van der Waals surface area contributed by atoms with E-state index >= 15 is 0 Å². The van der Waals surface area contributed by atoms with E-state index in [9.17, 15) is 0 Å². The molecular weight excluding hydrogens is 186 g/mol. The molecule has 0 aliphatic heterocycles. The van der Waals surface area contributed by atoms with Crippen LogP contribution < -0.4 is 5.32 Å². The van der Waals surface area contributed by atoms with E-state index in [1.54, 1.807) is 7.11 Å². The first-order valence-electron chi connectivity index (χ1n) is 6.42. The van der Waals surface area contributed by atoms with Crippen molar-refractivity contribution in [1.82, 2.24) is 5.32 Å². The first kappa shape index (κ1) is 13.0. The van der Waals surface area contributed by atoms with E-state index < -0.39 is 0 Å². The predicted octanol–water partition coefficient (Wildman–Crippen LogP) is 2.83. The molecule has 1 N–H and O–H groups in total. The molecule has 0 aromatic heterocycles. The zero-order valence-electron chi connectivity index (χ0n) is 10.8. The minimum atomic E-state index is 0.542.